The van der Waals surface area contributed by atoms with Crippen LogP contribution in [0.2, 0.25) is 0 Å². The highest BCUT2D eigenvalue weighted by atomic mass is 16.5. The van der Waals surface area contributed by atoms with Crippen molar-refractivity contribution >= 4 is 11.8 Å². The molecular weight excluding hydrogens is 542 g/mol. The Labute approximate surface area is 253 Å². The highest BCUT2D eigenvalue weighted by Gasteiger charge is 2.42. The van der Waals surface area contributed by atoms with Crippen molar-refractivity contribution in [2.75, 3.05) is 20.8 Å². The Morgan fingerprint density at radius 2 is 1.63 bits per heavy atom. The van der Waals surface area contributed by atoms with Gasteiger partial charge in [0.25, 0.3) is 0 Å². The van der Waals surface area contributed by atoms with Gasteiger partial charge in [-0.15, -0.1) is 0 Å². The molecule has 0 saturated heterocycles. The van der Waals surface area contributed by atoms with Gasteiger partial charge in [-0.05, 0) is 54.5 Å². The van der Waals surface area contributed by atoms with E-state index in [0.717, 1.165) is 22.4 Å². The number of para-hydroxylation sites is 1. The van der Waals surface area contributed by atoms with Crippen molar-refractivity contribution in [2.45, 2.75) is 52.1 Å². The number of carbonyl (C=O) groups excluding carboxylic acids is 2. The number of methoxy groups -OCH3 is 2. The van der Waals surface area contributed by atoms with Crippen molar-refractivity contribution in [3.05, 3.63) is 112 Å². The van der Waals surface area contributed by atoms with Gasteiger partial charge in [0.05, 0.1) is 32.3 Å². The standard InChI is InChI=1S/C36H39NO6/c1-22(2)20-43-36(39)33-23(3)37-28-17-26(25-15-16-31(40-4)32(19-25)41-5)18-29(38)35(28)34(33)27-13-9-10-14-30(27)42-21-24-11-7-6-8-12-24/h6-16,19,22,26,34,37H,17-18,20-21H2,1-5H3/t26-,34+/m1/s1. The van der Waals surface area contributed by atoms with E-state index in [2.05, 4.69) is 5.32 Å². The van der Waals surface area contributed by atoms with E-state index >= 15 is 0 Å². The minimum atomic E-state index is -0.623. The second-order valence-corrected chi connectivity index (χ2v) is 11.4. The average Bonchev–Trinajstić information content (AvgIpc) is 3.02. The van der Waals surface area contributed by atoms with Gasteiger partial charge in [0.2, 0.25) is 0 Å². The summed E-state index contributed by atoms with van der Waals surface area (Å²) in [6.07, 6.45) is 0.901. The molecule has 0 saturated carbocycles. The number of ether oxygens (including phenoxy) is 4. The number of carbonyl (C=O) groups is 2. The molecule has 1 aliphatic carbocycles. The van der Waals surface area contributed by atoms with E-state index in [4.69, 9.17) is 18.9 Å². The normalized spacial score (nSPS) is 18.2. The predicted octanol–water partition coefficient (Wildman–Crippen LogP) is 6.84. The van der Waals surface area contributed by atoms with Crippen LogP contribution in [0, 0.1) is 5.92 Å². The molecule has 0 spiro atoms. The number of esters is 1. The van der Waals surface area contributed by atoms with E-state index in [1.807, 2.05) is 93.6 Å². The van der Waals surface area contributed by atoms with Crippen molar-refractivity contribution in [2.24, 2.45) is 5.92 Å². The van der Waals surface area contributed by atoms with Crippen LogP contribution in [0.4, 0.5) is 0 Å². The fourth-order valence-electron chi connectivity index (χ4n) is 5.87. The van der Waals surface area contributed by atoms with Crippen LogP contribution in [0.1, 0.15) is 62.1 Å². The molecule has 7 heteroatoms. The number of benzene rings is 3. The summed E-state index contributed by atoms with van der Waals surface area (Å²) in [5, 5.41) is 3.44. The van der Waals surface area contributed by atoms with Crippen molar-refractivity contribution in [1.82, 2.24) is 5.32 Å². The summed E-state index contributed by atoms with van der Waals surface area (Å²) in [5.41, 5.74) is 5.31. The zero-order chi connectivity index (χ0) is 30.5. The molecule has 0 amide bonds. The van der Waals surface area contributed by atoms with Crippen molar-refractivity contribution < 1.29 is 28.5 Å². The number of rotatable bonds is 10. The van der Waals surface area contributed by atoms with Gasteiger partial charge < -0.3 is 24.3 Å². The lowest BCUT2D eigenvalue weighted by molar-refractivity contribution is -0.140. The fourth-order valence-corrected chi connectivity index (χ4v) is 5.87. The third-order valence-corrected chi connectivity index (χ3v) is 7.94. The molecule has 2 atom stereocenters. The Bertz CT molecular complexity index is 1550. The Hall–Kier alpha value is -4.52. The molecule has 1 aliphatic heterocycles. The second kappa shape index (κ2) is 13.2. The van der Waals surface area contributed by atoms with Gasteiger partial charge in [0, 0.05) is 29.0 Å². The van der Waals surface area contributed by atoms with Gasteiger partial charge in [-0.2, -0.15) is 0 Å². The zero-order valence-electron chi connectivity index (χ0n) is 25.4. The summed E-state index contributed by atoms with van der Waals surface area (Å²) in [6.45, 7) is 6.52. The smallest absolute Gasteiger partial charge is 0.336 e. The number of allylic oxidation sites excluding steroid dienone is 3. The van der Waals surface area contributed by atoms with Gasteiger partial charge in [-0.1, -0.05) is 68.4 Å². The lowest BCUT2D eigenvalue weighted by atomic mass is 9.71. The van der Waals surface area contributed by atoms with Gasteiger partial charge in [0.1, 0.15) is 12.4 Å². The maximum atomic E-state index is 14.1. The molecule has 43 heavy (non-hydrogen) atoms. The second-order valence-electron chi connectivity index (χ2n) is 11.4. The molecular formula is C36H39NO6. The van der Waals surface area contributed by atoms with Gasteiger partial charge in [-0.25, -0.2) is 4.79 Å². The van der Waals surface area contributed by atoms with Gasteiger partial charge >= 0.3 is 5.97 Å². The summed E-state index contributed by atoms with van der Waals surface area (Å²) in [4.78, 5) is 27.8. The molecule has 1 N–H and O–H groups in total. The molecule has 7 nitrogen and oxygen atoms in total. The van der Waals surface area contributed by atoms with Crippen molar-refractivity contribution in [3.63, 3.8) is 0 Å². The molecule has 2 aliphatic rings. The average molecular weight is 582 g/mol. The largest absolute Gasteiger partial charge is 0.493 e. The maximum absolute atomic E-state index is 14.1. The van der Waals surface area contributed by atoms with E-state index in [1.54, 1.807) is 14.2 Å². The van der Waals surface area contributed by atoms with E-state index in [9.17, 15) is 9.59 Å². The summed E-state index contributed by atoms with van der Waals surface area (Å²) in [5.74, 6) is 0.933. The Morgan fingerprint density at radius 1 is 0.907 bits per heavy atom. The summed E-state index contributed by atoms with van der Waals surface area (Å²) >= 11 is 0. The van der Waals surface area contributed by atoms with Gasteiger partial charge in [-0.3, -0.25) is 4.79 Å². The molecule has 0 radical (unpaired) electrons. The Morgan fingerprint density at radius 3 is 2.35 bits per heavy atom. The molecule has 3 aromatic rings. The fraction of sp³-hybridized carbons (Fsp3) is 0.333. The predicted molar refractivity (Wildman–Crippen MR) is 165 cm³/mol. The van der Waals surface area contributed by atoms with Crippen LogP contribution in [-0.2, 0) is 20.9 Å². The van der Waals surface area contributed by atoms with Crippen LogP contribution in [0.5, 0.6) is 17.2 Å². The third-order valence-electron chi connectivity index (χ3n) is 7.94. The van der Waals surface area contributed by atoms with Crippen LogP contribution >= 0.6 is 0 Å². The molecule has 5 rings (SSSR count). The minimum absolute atomic E-state index is 0.0157. The highest BCUT2D eigenvalue weighted by Crippen LogP contribution is 2.48. The van der Waals surface area contributed by atoms with E-state index < -0.39 is 11.9 Å². The number of ketones is 1. The Kier molecular flexibility index (Phi) is 9.19. The quantitative estimate of drug-likeness (QED) is 0.262. The monoisotopic (exact) mass is 581 g/mol. The molecule has 224 valence electrons. The first kappa shape index (κ1) is 30.0. The van der Waals surface area contributed by atoms with Crippen LogP contribution < -0.4 is 19.5 Å². The first-order chi connectivity index (χ1) is 20.8. The summed E-state index contributed by atoms with van der Waals surface area (Å²) in [6, 6.07) is 23.4. The van der Waals surface area contributed by atoms with Crippen LogP contribution in [-0.4, -0.2) is 32.6 Å². The van der Waals surface area contributed by atoms with Gasteiger partial charge in [0.15, 0.2) is 17.3 Å². The van der Waals surface area contributed by atoms with E-state index in [1.165, 1.54) is 0 Å². The van der Waals surface area contributed by atoms with Crippen LogP contribution in [0.3, 0.4) is 0 Å². The zero-order valence-corrected chi connectivity index (χ0v) is 25.4. The Balaban J connectivity index is 1.55. The lowest BCUT2D eigenvalue weighted by Gasteiger charge is -2.37. The van der Waals surface area contributed by atoms with Crippen LogP contribution in [0.15, 0.2) is 95.3 Å². The molecule has 0 unspecified atom stereocenters. The third kappa shape index (κ3) is 6.46. The number of Topliss-reactive ketones (excluding diaryl/α,β-unsaturated/α-hetero) is 1. The molecule has 1 heterocycles. The number of nitrogens with one attached hydrogen (secondary N) is 1. The lowest BCUT2D eigenvalue weighted by Crippen LogP contribution is -2.36. The van der Waals surface area contributed by atoms with Crippen molar-refractivity contribution in [3.8, 4) is 17.2 Å². The summed E-state index contributed by atoms with van der Waals surface area (Å²) in [7, 11) is 3.21. The van der Waals surface area contributed by atoms with E-state index in [-0.39, 0.29) is 24.2 Å². The minimum Gasteiger partial charge on any atom is -0.493 e. The van der Waals surface area contributed by atoms with E-state index in [0.29, 0.717) is 53.5 Å². The molecule has 0 aromatic heterocycles. The maximum Gasteiger partial charge on any atom is 0.336 e. The SMILES string of the molecule is COc1ccc([C@H]2CC(=O)C3=C(C2)NC(C)=C(C(=O)OCC(C)C)[C@@H]3c2ccccc2OCc2ccccc2)cc1OC. The topological polar surface area (TPSA) is 83.1 Å². The molecule has 0 bridgehead atoms. The molecule has 0 fully saturated rings. The van der Waals surface area contributed by atoms with Crippen molar-refractivity contribution in [1.29, 1.82) is 0 Å². The van der Waals surface area contributed by atoms with Crippen LogP contribution in [0.25, 0.3) is 0 Å². The number of hydrogen-bond donors (Lipinski definition) is 1. The summed E-state index contributed by atoms with van der Waals surface area (Å²) < 4.78 is 23.0. The number of dihydropyridines is 1. The first-order valence-corrected chi connectivity index (χ1v) is 14.7. The number of hydrogen-bond acceptors (Lipinski definition) is 7. The highest BCUT2D eigenvalue weighted by molar-refractivity contribution is 6.04. The first-order valence-electron chi connectivity index (χ1n) is 14.7. The molecule has 3 aromatic carbocycles.